The Labute approximate surface area is 141 Å². The second-order valence-corrected chi connectivity index (χ2v) is 6.39. The van der Waals surface area contributed by atoms with Gasteiger partial charge in [0.25, 0.3) is 5.91 Å². The summed E-state index contributed by atoms with van der Waals surface area (Å²) in [6, 6.07) is 5.41. The van der Waals surface area contributed by atoms with Crippen LogP contribution in [0.2, 0.25) is 0 Å². The molecule has 6 heteroatoms. The number of hydrogen-bond donors (Lipinski definition) is 1. The summed E-state index contributed by atoms with van der Waals surface area (Å²) in [6.07, 6.45) is 3.62. The van der Waals surface area contributed by atoms with Crippen molar-refractivity contribution < 1.29 is 19.1 Å². The van der Waals surface area contributed by atoms with Crippen LogP contribution in [-0.2, 0) is 20.7 Å². The third-order valence-electron chi connectivity index (χ3n) is 4.72. The number of fused-ring (bicyclic) bond motifs is 1. The Hall–Kier alpha value is -2.37. The summed E-state index contributed by atoms with van der Waals surface area (Å²) in [5.74, 6) is -0.545. The summed E-state index contributed by atoms with van der Waals surface area (Å²) in [5.41, 5.74) is 2.39. The Balaban J connectivity index is 1.76. The van der Waals surface area contributed by atoms with Crippen molar-refractivity contribution in [2.75, 3.05) is 25.5 Å². The quantitative estimate of drug-likeness (QED) is 0.842. The third kappa shape index (κ3) is 3.42. The number of ether oxygens (including phenoxy) is 1. The first-order chi connectivity index (χ1) is 11.6. The number of methoxy groups -OCH3 is 1. The summed E-state index contributed by atoms with van der Waals surface area (Å²) in [5, 5.41) is 2.87. The first-order valence-electron chi connectivity index (χ1n) is 8.38. The number of carbonyl (C=O) groups excluding carboxylic acids is 3. The van der Waals surface area contributed by atoms with Crippen molar-refractivity contribution in [3.05, 3.63) is 29.3 Å². The van der Waals surface area contributed by atoms with Crippen LogP contribution >= 0.6 is 0 Å². The van der Waals surface area contributed by atoms with Gasteiger partial charge >= 0.3 is 5.97 Å². The molecule has 3 rings (SSSR count). The van der Waals surface area contributed by atoms with Gasteiger partial charge in [0.05, 0.1) is 13.0 Å². The fourth-order valence-corrected chi connectivity index (χ4v) is 3.41. The zero-order chi connectivity index (χ0) is 17.1. The van der Waals surface area contributed by atoms with Gasteiger partial charge in [-0.15, -0.1) is 0 Å². The van der Waals surface area contributed by atoms with Gasteiger partial charge in [0.1, 0.15) is 0 Å². The van der Waals surface area contributed by atoms with Gasteiger partial charge in [0.2, 0.25) is 5.91 Å². The molecule has 2 aliphatic rings. The van der Waals surface area contributed by atoms with Crippen molar-refractivity contribution >= 4 is 23.5 Å². The number of nitrogens with zero attached hydrogens (tertiary/aromatic N) is 1. The highest BCUT2D eigenvalue weighted by molar-refractivity contribution is 5.97. The highest BCUT2D eigenvalue weighted by Gasteiger charge is 2.29. The molecule has 128 valence electrons. The van der Waals surface area contributed by atoms with Crippen LogP contribution in [0.15, 0.2) is 18.2 Å². The minimum absolute atomic E-state index is 0.0183. The average Bonchev–Trinajstić information content (AvgIpc) is 2.80. The maximum absolute atomic E-state index is 12.8. The SMILES string of the molecule is COC(=O)C1CCCN(C(=O)c2ccc3c(c2)CCCC(=O)N3)C1. The van der Waals surface area contributed by atoms with E-state index in [4.69, 9.17) is 4.74 Å². The van der Waals surface area contributed by atoms with Crippen LogP contribution < -0.4 is 5.32 Å². The molecule has 24 heavy (non-hydrogen) atoms. The molecule has 2 amide bonds. The van der Waals surface area contributed by atoms with Crippen molar-refractivity contribution in [1.82, 2.24) is 4.90 Å². The van der Waals surface area contributed by atoms with Crippen molar-refractivity contribution in [1.29, 1.82) is 0 Å². The minimum Gasteiger partial charge on any atom is -0.469 e. The smallest absolute Gasteiger partial charge is 0.310 e. The van der Waals surface area contributed by atoms with Gasteiger partial charge in [-0.25, -0.2) is 0 Å². The molecule has 0 saturated carbocycles. The summed E-state index contributed by atoms with van der Waals surface area (Å²) < 4.78 is 4.80. The lowest BCUT2D eigenvalue weighted by atomic mass is 9.97. The van der Waals surface area contributed by atoms with Gasteiger partial charge < -0.3 is 15.0 Å². The molecule has 0 bridgehead atoms. The number of amides is 2. The predicted octanol–water partition coefficient (Wildman–Crippen LogP) is 1.99. The first-order valence-corrected chi connectivity index (χ1v) is 8.38. The van der Waals surface area contributed by atoms with Crippen LogP contribution in [0.5, 0.6) is 0 Å². The van der Waals surface area contributed by atoms with Gasteiger partial charge in [0, 0.05) is 30.8 Å². The third-order valence-corrected chi connectivity index (χ3v) is 4.72. The number of hydrogen-bond acceptors (Lipinski definition) is 4. The van der Waals surface area contributed by atoms with E-state index in [0.29, 0.717) is 25.1 Å². The van der Waals surface area contributed by atoms with Crippen molar-refractivity contribution in [3.8, 4) is 0 Å². The molecule has 1 atom stereocenters. The van der Waals surface area contributed by atoms with Crippen LogP contribution in [0.3, 0.4) is 0 Å². The molecule has 6 nitrogen and oxygen atoms in total. The second-order valence-electron chi connectivity index (χ2n) is 6.39. The number of benzene rings is 1. The van der Waals surface area contributed by atoms with Crippen LogP contribution in [0.1, 0.15) is 41.6 Å². The maximum atomic E-state index is 12.8. The number of carbonyl (C=O) groups is 3. The molecule has 0 radical (unpaired) electrons. The van der Waals surface area contributed by atoms with E-state index in [1.807, 2.05) is 6.07 Å². The van der Waals surface area contributed by atoms with Gasteiger partial charge in [0.15, 0.2) is 0 Å². The fourth-order valence-electron chi connectivity index (χ4n) is 3.41. The summed E-state index contributed by atoms with van der Waals surface area (Å²) in [4.78, 5) is 37.8. The van der Waals surface area contributed by atoms with E-state index in [9.17, 15) is 14.4 Å². The number of anilines is 1. The van der Waals surface area contributed by atoms with E-state index < -0.39 is 0 Å². The lowest BCUT2D eigenvalue weighted by Crippen LogP contribution is -2.42. The number of aryl methyl sites for hydroxylation is 1. The topological polar surface area (TPSA) is 75.7 Å². The van der Waals surface area contributed by atoms with Crippen LogP contribution in [0.25, 0.3) is 0 Å². The zero-order valence-electron chi connectivity index (χ0n) is 13.8. The molecule has 0 aromatic heterocycles. The van der Waals surface area contributed by atoms with Gasteiger partial charge in [-0.1, -0.05) is 0 Å². The summed E-state index contributed by atoms with van der Waals surface area (Å²) in [7, 11) is 1.38. The molecule has 1 saturated heterocycles. The molecule has 1 fully saturated rings. The van der Waals surface area contributed by atoms with Gasteiger partial charge in [-0.2, -0.15) is 0 Å². The molecule has 1 aromatic rings. The Morgan fingerprint density at radius 3 is 2.88 bits per heavy atom. The Bertz CT molecular complexity index is 671. The van der Waals surface area contributed by atoms with Gasteiger partial charge in [-0.3, -0.25) is 14.4 Å². The summed E-state index contributed by atoms with van der Waals surface area (Å²) >= 11 is 0. The number of nitrogens with one attached hydrogen (secondary N) is 1. The van der Waals surface area contributed by atoms with Crippen molar-refractivity contribution in [3.63, 3.8) is 0 Å². The molecule has 0 spiro atoms. The highest BCUT2D eigenvalue weighted by atomic mass is 16.5. The normalized spacial score (nSPS) is 20.6. The molecular weight excluding hydrogens is 308 g/mol. The van der Waals surface area contributed by atoms with Crippen molar-refractivity contribution in [2.45, 2.75) is 32.1 Å². The van der Waals surface area contributed by atoms with E-state index in [0.717, 1.165) is 36.9 Å². The Kier molecular flexibility index (Phi) is 4.83. The molecule has 2 heterocycles. The number of piperidine rings is 1. The molecule has 1 N–H and O–H groups in total. The molecule has 1 aromatic carbocycles. The predicted molar refractivity (Wildman–Crippen MR) is 88.7 cm³/mol. The highest BCUT2D eigenvalue weighted by Crippen LogP contribution is 2.25. The maximum Gasteiger partial charge on any atom is 0.310 e. The zero-order valence-corrected chi connectivity index (χ0v) is 13.8. The van der Waals surface area contributed by atoms with E-state index in [-0.39, 0.29) is 23.7 Å². The lowest BCUT2D eigenvalue weighted by molar-refractivity contribution is -0.146. The minimum atomic E-state index is -0.253. The molecule has 2 aliphatic heterocycles. The van der Waals surface area contributed by atoms with Gasteiger partial charge in [-0.05, 0) is 49.4 Å². The van der Waals surface area contributed by atoms with E-state index in [1.54, 1.807) is 17.0 Å². The monoisotopic (exact) mass is 330 g/mol. The number of esters is 1. The van der Waals surface area contributed by atoms with Crippen LogP contribution in [0, 0.1) is 5.92 Å². The van der Waals surface area contributed by atoms with E-state index in [2.05, 4.69) is 5.32 Å². The van der Waals surface area contributed by atoms with Crippen molar-refractivity contribution in [2.24, 2.45) is 5.92 Å². The Morgan fingerprint density at radius 1 is 1.25 bits per heavy atom. The standard InChI is InChI=1S/C18H22N2O4/c1-24-18(23)14-5-3-9-20(11-14)17(22)13-7-8-15-12(10-13)4-2-6-16(21)19-15/h7-8,10,14H,2-6,9,11H2,1H3,(H,19,21). The van der Waals surface area contributed by atoms with E-state index >= 15 is 0 Å². The fraction of sp³-hybridized carbons (Fsp3) is 0.500. The molecular formula is C18H22N2O4. The average molecular weight is 330 g/mol. The second kappa shape index (κ2) is 7.03. The summed E-state index contributed by atoms with van der Waals surface area (Å²) in [6.45, 7) is 1.06. The number of likely N-dealkylation sites (tertiary alicyclic amines) is 1. The molecule has 0 aliphatic carbocycles. The van der Waals surface area contributed by atoms with Crippen LogP contribution in [-0.4, -0.2) is 42.9 Å². The largest absolute Gasteiger partial charge is 0.469 e. The van der Waals surface area contributed by atoms with Crippen LogP contribution in [0.4, 0.5) is 5.69 Å². The Morgan fingerprint density at radius 2 is 2.08 bits per heavy atom. The lowest BCUT2D eigenvalue weighted by Gasteiger charge is -2.31. The first kappa shape index (κ1) is 16.5. The number of rotatable bonds is 2. The van der Waals surface area contributed by atoms with E-state index in [1.165, 1.54) is 7.11 Å². The molecule has 1 unspecified atom stereocenters.